The van der Waals surface area contributed by atoms with Crippen LogP contribution in [0.2, 0.25) is 0 Å². The number of aromatic amines is 1. The van der Waals surface area contributed by atoms with E-state index in [2.05, 4.69) is 57.8 Å². The van der Waals surface area contributed by atoms with Gasteiger partial charge < -0.3 is 86.0 Å². The van der Waals surface area contributed by atoms with Crippen molar-refractivity contribution in [2.75, 3.05) is 13.1 Å². The molecule has 0 bridgehead atoms. The normalized spacial score (nSPS) is 14.6. The molecule has 0 saturated carbocycles. The zero-order valence-electron chi connectivity index (χ0n) is 45.7. The smallest absolute Gasteiger partial charge is 0.325 e. The summed E-state index contributed by atoms with van der Waals surface area (Å²) in [4.78, 5) is 166. The molecule has 10 amide bonds. The minimum atomic E-state index is -1.97. The van der Waals surface area contributed by atoms with Crippen LogP contribution in [-0.2, 0) is 64.0 Å². The average molecular weight is 1110 g/mol. The predicted molar refractivity (Wildman–Crippen MR) is 287 cm³/mol. The van der Waals surface area contributed by atoms with Gasteiger partial charge in [0.2, 0.25) is 59.1 Å². The third kappa shape index (κ3) is 23.4. The molecule has 2 aromatic rings. The van der Waals surface area contributed by atoms with Crippen LogP contribution in [0.4, 0.5) is 0 Å². The maximum Gasteiger partial charge on any atom is 0.325 e. The lowest BCUT2D eigenvalue weighted by Crippen LogP contribution is -2.61. The molecule has 0 saturated heterocycles. The molecule has 9 atom stereocenters. The lowest BCUT2D eigenvalue weighted by Gasteiger charge is -2.29. The van der Waals surface area contributed by atoms with Gasteiger partial charge in [-0.3, -0.25) is 62.5 Å². The highest BCUT2D eigenvalue weighted by Crippen LogP contribution is 2.20. The van der Waals surface area contributed by atoms with Gasteiger partial charge in [0, 0.05) is 30.1 Å². The predicted octanol–water partition coefficient (Wildman–Crippen LogP) is -3.69. The Morgan fingerprint density at radius 3 is 1.56 bits per heavy atom. The zero-order chi connectivity index (χ0) is 59.8. The average Bonchev–Trinajstić information content (AvgIpc) is 3.77. The van der Waals surface area contributed by atoms with Crippen molar-refractivity contribution in [2.24, 2.45) is 45.7 Å². The van der Waals surface area contributed by atoms with Crippen molar-refractivity contribution in [1.29, 1.82) is 0 Å². The third-order valence-corrected chi connectivity index (χ3v) is 12.0. The number of amides is 10. The summed E-state index contributed by atoms with van der Waals surface area (Å²) in [6.45, 7) is 12.2. The topological polar surface area (TPSA) is 486 Å². The highest BCUT2D eigenvalue weighted by atomic mass is 16.4. The van der Waals surface area contributed by atoms with E-state index in [1.165, 1.54) is 27.7 Å². The molecule has 1 aromatic heterocycles. The fourth-order valence-corrected chi connectivity index (χ4v) is 7.87. The first-order valence-corrected chi connectivity index (χ1v) is 25.7. The van der Waals surface area contributed by atoms with E-state index in [0.29, 0.717) is 16.5 Å². The van der Waals surface area contributed by atoms with Gasteiger partial charge in [0.1, 0.15) is 54.4 Å². The number of carboxylic acids is 2. The Kier molecular flexibility index (Phi) is 27.4. The second kappa shape index (κ2) is 32.4. The molecule has 0 aliphatic carbocycles. The molecule has 79 heavy (non-hydrogen) atoms. The monoisotopic (exact) mass is 1110 g/mol. The van der Waals surface area contributed by atoms with Crippen LogP contribution in [0.15, 0.2) is 35.5 Å². The fraction of sp³-hybridized carbons (Fsp3) is 0.580. The number of primary amides is 1. The number of para-hydroxylation sites is 1. The second-order valence-corrected chi connectivity index (χ2v) is 20.2. The molecule has 0 radical (unpaired) electrons. The standard InChI is InChI=1S/C50H79N15O14/c1-23(2)16-32(43(72)57-26(7)41(70)58-27(8)49(78)79)60-45(74)34(18-28-22-56-30-13-10-9-12-29(28)30)62-44(73)33(17-24(3)4)61-47(76)36(20-39(68)69)63-46(75)35(19-37(52)66)64-48(77)40(25(5)6)65-42(71)31(59-38(67)21-51)14-11-15-55-50(53)54/h9-10,12-13,22-27,31-36,40,56H,11,14-21,51H2,1-8H3,(H2,52,66)(H,57,72)(H,58,70)(H,59,67)(H,60,74)(H,61,76)(H,62,73)(H,63,75)(H,64,77)(H,65,71)(H,68,69)(H,78,79)(H4,53,54,55)/t26-,27-,31-,32-,33-,34-,35-,36-,40-/m0/s1. The van der Waals surface area contributed by atoms with Gasteiger partial charge in [0.15, 0.2) is 5.96 Å². The Hall–Kier alpha value is -8.37. The van der Waals surface area contributed by atoms with Crippen molar-refractivity contribution in [3.63, 3.8) is 0 Å². The molecule has 0 aliphatic heterocycles. The van der Waals surface area contributed by atoms with Crippen molar-refractivity contribution >= 4 is 87.9 Å². The lowest BCUT2D eigenvalue weighted by atomic mass is 9.99. The summed E-state index contributed by atoms with van der Waals surface area (Å²) < 4.78 is 0. The van der Waals surface area contributed by atoms with Crippen LogP contribution < -0.4 is 70.8 Å². The van der Waals surface area contributed by atoms with Crippen LogP contribution >= 0.6 is 0 Å². The number of carboxylic acid groups (broad SMARTS) is 2. The summed E-state index contributed by atoms with van der Waals surface area (Å²) >= 11 is 0. The first kappa shape index (κ1) is 66.7. The van der Waals surface area contributed by atoms with Gasteiger partial charge >= 0.3 is 11.9 Å². The number of fused-ring (bicyclic) bond motifs is 1. The number of nitrogens with zero attached hydrogens (tertiary/aromatic N) is 1. The highest BCUT2D eigenvalue weighted by Gasteiger charge is 2.37. The van der Waals surface area contributed by atoms with Crippen molar-refractivity contribution < 1.29 is 67.7 Å². The number of aromatic nitrogens is 1. The minimum absolute atomic E-state index is 0.00319. The Morgan fingerprint density at radius 2 is 1.04 bits per heavy atom. The Labute approximate surface area is 456 Å². The van der Waals surface area contributed by atoms with Crippen molar-refractivity contribution in [3.8, 4) is 0 Å². The number of hydrogen-bond donors (Lipinski definition) is 16. The summed E-state index contributed by atoms with van der Waals surface area (Å²) in [6.07, 6.45) is -0.367. The third-order valence-electron chi connectivity index (χ3n) is 12.0. The van der Waals surface area contributed by atoms with E-state index in [1.54, 1.807) is 58.2 Å². The van der Waals surface area contributed by atoms with Crippen LogP contribution in [0.25, 0.3) is 10.9 Å². The molecule has 438 valence electrons. The number of nitrogens with two attached hydrogens (primary N) is 4. The largest absolute Gasteiger partial charge is 0.481 e. The fourth-order valence-electron chi connectivity index (χ4n) is 7.87. The van der Waals surface area contributed by atoms with Gasteiger partial charge in [-0.25, -0.2) is 0 Å². The van der Waals surface area contributed by atoms with Crippen molar-refractivity contribution in [2.45, 2.75) is 155 Å². The van der Waals surface area contributed by atoms with Gasteiger partial charge in [-0.05, 0) is 68.9 Å². The van der Waals surface area contributed by atoms with E-state index in [1.807, 2.05) is 0 Å². The maximum atomic E-state index is 14.4. The number of benzene rings is 1. The molecular weight excluding hydrogens is 1030 g/mol. The number of guanidine groups is 1. The van der Waals surface area contributed by atoms with Gasteiger partial charge in [-0.2, -0.15) is 0 Å². The van der Waals surface area contributed by atoms with Crippen LogP contribution in [-0.4, -0.2) is 160 Å². The SMILES string of the molecule is CC(C)C[C@H](NC(=O)[C@H](Cc1c[nH]c2ccccc12)NC(=O)[C@H](CC(C)C)NC(=O)[C@H](CC(=O)O)NC(=O)[C@H](CC(N)=O)NC(=O)[C@@H](NC(=O)[C@H](CCCN=C(N)N)NC(=O)CN)C(C)C)C(=O)N[C@@H](C)C(=O)N[C@@H](C)C(=O)O. The molecule has 1 aromatic carbocycles. The molecule has 0 unspecified atom stereocenters. The Balaban J connectivity index is 2.48. The van der Waals surface area contributed by atoms with Crippen LogP contribution in [0.3, 0.4) is 0 Å². The number of rotatable bonds is 34. The van der Waals surface area contributed by atoms with E-state index in [9.17, 15) is 67.7 Å². The molecule has 0 spiro atoms. The minimum Gasteiger partial charge on any atom is -0.481 e. The molecule has 0 fully saturated rings. The number of H-pyrrole nitrogens is 1. The molecule has 2 rings (SSSR count). The molecule has 29 heteroatoms. The van der Waals surface area contributed by atoms with Gasteiger partial charge in [-0.15, -0.1) is 0 Å². The highest BCUT2D eigenvalue weighted by molar-refractivity contribution is 6.00. The van der Waals surface area contributed by atoms with E-state index in [0.717, 1.165) is 0 Å². The first-order valence-electron chi connectivity index (χ1n) is 25.7. The first-order chi connectivity index (χ1) is 36.9. The summed E-state index contributed by atoms with van der Waals surface area (Å²) in [5, 5.41) is 41.9. The quantitative estimate of drug-likeness (QED) is 0.0182. The Bertz CT molecular complexity index is 2530. The lowest BCUT2D eigenvalue weighted by molar-refractivity contribution is -0.142. The van der Waals surface area contributed by atoms with Crippen molar-refractivity contribution in [1.82, 2.24) is 52.8 Å². The molecule has 1 heterocycles. The molecular formula is C50H79N15O14. The van der Waals surface area contributed by atoms with E-state index in [4.69, 9.17) is 22.9 Å². The summed E-state index contributed by atoms with van der Waals surface area (Å²) in [5.41, 5.74) is 22.9. The Morgan fingerprint density at radius 1 is 0.557 bits per heavy atom. The van der Waals surface area contributed by atoms with Crippen molar-refractivity contribution in [3.05, 3.63) is 36.0 Å². The van der Waals surface area contributed by atoms with Crippen LogP contribution in [0.5, 0.6) is 0 Å². The number of nitrogens with one attached hydrogen (secondary N) is 10. The second-order valence-electron chi connectivity index (χ2n) is 20.2. The number of aliphatic imine (C=N–C) groups is 1. The summed E-state index contributed by atoms with van der Waals surface area (Å²) in [6, 6.07) is -6.15. The van der Waals surface area contributed by atoms with Gasteiger partial charge in [0.25, 0.3) is 0 Å². The number of carbonyl (C=O) groups excluding carboxylic acids is 10. The maximum absolute atomic E-state index is 14.4. The number of aliphatic carboxylic acids is 2. The summed E-state index contributed by atoms with van der Waals surface area (Å²) in [7, 11) is 0. The zero-order valence-corrected chi connectivity index (χ0v) is 45.7. The summed E-state index contributed by atoms with van der Waals surface area (Å²) in [5.74, 6) is -13.9. The van der Waals surface area contributed by atoms with Gasteiger partial charge in [-0.1, -0.05) is 59.7 Å². The van der Waals surface area contributed by atoms with E-state index < -0.39 is 151 Å². The molecule has 20 N–H and O–H groups in total. The molecule has 0 aliphatic rings. The number of hydrogen-bond acceptors (Lipinski definition) is 14. The van der Waals surface area contributed by atoms with E-state index in [-0.39, 0.29) is 56.4 Å². The van der Waals surface area contributed by atoms with Crippen LogP contribution in [0.1, 0.15) is 99.5 Å². The van der Waals surface area contributed by atoms with Gasteiger partial charge in [0.05, 0.1) is 19.4 Å². The van der Waals surface area contributed by atoms with E-state index >= 15 is 0 Å². The molecule has 29 nitrogen and oxygen atoms in total. The van der Waals surface area contributed by atoms with Crippen LogP contribution in [0, 0.1) is 17.8 Å². The number of carbonyl (C=O) groups is 12.